The van der Waals surface area contributed by atoms with Gasteiger partial charge in [-0.2, -0.15) is 0 Å². The highest BCUT2D eigenvalue weighted by atomic mass is 35.5. The van der Waals surface area contributed by atoms with Crippen molar-refractivity contribution in [1.29, 1.82) is 0 Å². The Labute approximate surface area is 109 Å². The van der Waals surface area contributed by atoms with E-state index in [-0.39, 0.29) is 30.3 Å². The summed E-state index contributed by atoms with van der Waals surface area (Å²) in [5.74, 6) is 0.0851. The number of nitrogens with one attached hydrogen (secondary N) is 2. The zero-order valence-electron chi connectivity index (χ0n) is 10.6. The molecule has 0 radical (unpaired) electrons. The van der Waals surface area contributed by atoms with Crippen LogP contribution in [0.1, 0.15) is 25.5 Å². The molecule has 0 saturated carbocycles. The fraction of sp³-hybridized carbons (Fsp3) is 0.462. The number of hydrogen-bond acceptors (Lipinski definition) is 2. The molecule has 1 rings (SSSR count). The Kier molecular flexibility index (Phi) is 7.59. The molecule has 4 heteroatoms. The van der Waals surface area contributed by atoms with E-state index in [1.54, 1.807) is 0 Å². The summed E-state index contributed by atoms with van der Waals surface area (Å²) in [5, 5.41) is 6.00. The Hall–Kier alpha value is -1.06. The van der Waals surface area contributed by atoms with Gasteiger partial charge in [0.25, 0.3) is 0 Å². The van der Waals surface area contributed by atoms with Crippen molar-refractivity contribution >= 4 is 18.3 Å². The molecule has 2 unspecified atom stereocenters. The number of rotatable bonds is 5. The lowest BCUT2D eigenvalue weighted by molar-refractivity contribution is -0.125. The van der Waals surface area contributed by atoms with E-state index in [1.807, 2.05) is 51.2 Å². The fourth-order valence-corrected chi connectivity index (χ4v) is 1.58. The number of halogens is 1. The average Bonchev–Trinajstić information content (AvgIpc) is 2.30. The molecule has 96 valence electrons. The van der Waals surface area contributed by atoms with Gasteiger partial charge in [0.15, 0.2) is 0 Å². The predicted octanol–water partition coefficient (Wildman–Crippen LogP) is 2.14. The Morgan fingerprint density at radius 2 is 1.82 bits per heavy atom. The summed E-state index contributed by atoms with van der Waals surface area (Å²) in [5.41, 5.74) is 1.13. The van der Waals surface area contributed by atoms with Crippen LogP contribution in [0.15, 0.2) is 30.3 Å². The van der Waals surface area contributed by atoms with Crippen LogP contribution in [0.25, 0.3) is 0 Å². The molecule has 0 bridgehead atoms. The normalized spacial score (nSPS) is 13.4. The highest BCUT2D eigenvalue weighted by Crippen LogP contribution is 2.11. The number of hydrogen-bond donors (Lipinski definition) is 2. The van der Waals surface area contributed by atoms with Crippen LogP contribution < -0.4 is 10.6 Å². The van der Waals surface area contributed by atoms with Gasteiger partial charge < -0.3 is 10.6 Å². The summed E-state index contributed by atoms with van der Waals surface area (Å²) in [7, 11) is 1.85. The van der Waals surface area contributed by atoms with Crippen LogP contribution >= 0.6 is 12.4 Å². The van der Waals surface area contributed by atoms with Crippen molar-refractivity contribution in [3.8, 4) is 0 Å². The SMILES string of the molecule is CNCC(C)C(=O)NC(C)c1ccccc1.Cl. The van der Waals surface area contributed by atoms with Gasteiger partial charge in [-0.15, -0.1) is 12.4 Å². The molecule has 1 amide bonds. The standard InChI is InChI=1S/C13H20N2O.ClH/c1-10(9-14-3)13(16)15-11(2)12-7-5-4-6-8-12;/h4-8,10-11,14H,9H2,1-3H3,(H,15,16);1H. The average molecular weight is 257 g/mol. The molecule has 0 aliphatic carbocycles. The zero-order valence-corrected chi connectivity index (χ0v) is 11.4. The first-order valence-electron chi connectivity index (χ1n) is 5.65. The Bertz CT molecular complexity index is 329. The van der Waals surface area contributed by atoms with E-state index >= 15 is 0 Å². The van der Waals surface area contributed by atoms with Crippen LogP contribution in [0.3, 0.4) is 0 Å². The fourth-order valence-electron chi connectivity index (χ4n) is 1.58. The lowest BCUT2D eigenvalue weighted by atomic mass is 10.1. The molecule has 0 aliphatic heterocycles. The minimum atomic E-state index is -0.00355. The summed E-state index contributed by atoms with van der Waals surface area (Å²) in [6.45, 7) is 4.62. The van der Waals surface area contributed by atoms with Crippen LogP contribution in [0.4, 0.5) is 0 Å². The Morgan fingerprint density at radius 3 is 2.35 bits per heavy atom. The minimum absolute atomic E-state index is 0. The largest absolute Gasteiger partial charge is 0.349 e. The van der Waals surface area contributed by atoms with Gasteiger partial charge >= 0.3 is 0 Å². The molecule has 0 spiro atoms. The van der Waals surface area contributed by atoms with E-state index in [9.17, 15) is 4.79 Å². The van der Waals surface area contributed by atoms with Gasteiger partial charge in [0.1, 0.15) is 0 Å². The third-order valence-corrected chi connectivity index (χ3v) is 2.62. The van der Waals surface area contributed by atoms with Gasteiger partial charge in [-0.25, -0.2) is 0 Å². The first kappa shape index (κ1) is 15.9. The summed E-state index contributed by atoms with van der Waals surface area (Å²) in [6.07, 6.45) is 0. The van der Waals surface area contributed by atoms with Crippen molar-refractivity contribution < 1.29 is 4.79 Å². The molecule has 0 fully saturated rings. The zero-order chi connectivity index (χ0) is 12.0. The second-order valence-corrected chi connectivity index (χ2v) is 4.10. The smallest absolute Gasteiger partial charge is 0.224 e. The molecule has 1 aromatic rings. The van der Waals surface area contributed by atoms with Crippen molar-refractivity contribution in [2.45, 2.75) is 19.9 Å². The summed E-state index contributed by atoms with van der Waals surface area (Å²) >= 11 is 0. The summed E-state index contributed by atoms with van der Waals surface area (Å²) in [4.78, 5) is 11.8. The lowest BCUT2D eigenvalue weighted by Crippen LogP contribution is -2.35. The third kappa shape index (κ3) is 5.20. The van der Waals surface area contributed by atoms with Crippen LogP contribution in [0.2, 0.25) is 0 Å². The van der Waals surface area contributed by atoms with E-state index in [4.69, 9.17) is 0 Å². The lowest BCUT2D eigenvalue weighted by Gasteiger charge is -2.17. The molecule has 0 aliphatic rings. The van der Waals surface area contributed by atoms with Crippen molar-refractivity contribution in [3.05, 3.63) is 35.9 Å². The maximum absolute atomic E-state index is 11.8. The van der Waals surface area contributed by atoms with E-state index in [0.717, 1.165) is 5.56 Å². The van der Waals surface area contributed by atoms with Crippen LogP contribution in [0.5, 0.6) is 0 Å². The van der Waals surface area contributed by atoms with Gasteiger partial charge in [-0.3, -0.25) is 4.79 Å². The van der Waals surface area contributed by atoms with Gasteiger partial charge in [0.05, 0.1) is 6.04 Å². The van der Waals surface area contributed by atoms with Crippen LogP contribution in [0, 0.1) is 5.92 Å². The predicted molar refractivity (Wildman–Crippen MR) is 73.3 cm³/mol. The first-order chi connectivity index (χ1) is 7.65. The number of benzene rings is 1. The first-order valence-corrected chi connectivity index (χ1v) is 5.65. The quantitative estimate of drug-likeness (QED) is 0.848. The van der Waals surface area contributed by atoms with Gasteiger partial charge in [-0.1, -0.05) is 37.3 Å². The van der Waals surface area contributed by atoms with Crippen LogP contribution in [-0.4, -0.2) is 19.5 Å². The number of carbonyl (C=O) groups excluding carboxylic acids is 1. The topological polar surface area (TPSA) is 41.1 Å². The number of amides is 1. The van der Waals surface area contributed by atoms with Crippen molar-refractivity contribution in [2.24, 2.45) is 5.92 Å². The molecular weight excluding hydrogens is 236 g/mol. The number of carbonyl (C=O) groups is 1. The highest BCUT2D eigenvalue weighted by molar-refractivity contribution is 5.85. The van der Waals surface area contributed by atoms with Crippen molar-refractivity contribution in [3.63, 3.8) is 0 Å². The van der Waals surface area contributed by atoms with E-state index in [1.165, 1.54) is 0 Å². The summed E-state index contributed by atoms with van der Waals surface area (Å²) in [6, 6.07) is 10.0. The molecular formula is C13H21ClN2O. The van der Waals surface area contributed by atoms with Gasteiger partial charge in [0, 0.05) is 12.5 Å². The minimum Gasteiger partial charge on any atom is -0.349 e. The molecule has 3 nitrogen and oxygen atoms in total. The molecule has 0 aromatic heterocycles. The highest BCUT2D eigenvalue weighted by Gasteiger charge is 2.14. The third-order valence-electron chi connectivity index (χ3n) is 2.62. The van der Waals surface area contributed by atoms with Gasteiger partial charge in [0.2, 0.25) is 5.91 Å². The maximum Gasteiger partial charge on any atom is 0.224 e. The van der Waals surface area contributed by atoms with Crippen molar-refractivity contribution in [2.75, 3.05) is 13.6 Å². The second-order valence-electron chi connectivity index (χ2n) is 4.10. The molecule has 17 heavy (non-hydrogen) atoms. The van der Waals surface area contributed by atoms with Crippen LogP contribution in [-0.2, 0) is 4.79 Å². The van der Waals surface area contributed by atoms with Crippen molar-refractivity contribution in [1.82, 2.24) is 10.6 Å². The summed E-state index contributed by atoms with van der Waals surface area (Å²) < 4.78 is 0. The Morgan fingerprint density at radius 1 is 1.24 bits per heavy atom. The monoisotopic (exact) mass is 256 g/mol. The molecule has 1 aromatic carbocycles. The maximum atomic E-state index is 11.8. The van der Waals surface area contributed by atoms with E-state index in [2.05, 4.69) is 10.6 Å². The molecule has 0 heterocycles. The molecule has 0 saturated heterocycles. The second kappa shape index (κ2) is 8.09. The molecule has 2 N–H and O–H groups in total. The van der Waals surface area contributed by atoms with E-state index in [0.29, 0.717) is 6.54 Å². The molecule has 2 atom stereocenters. The van der Waals surface area contributed by atoms with E-state index < -0.39 is 0 Å². The van der Waals surface area contributed by atoms with Gasteiger partial charge in [-0.05, 0) is 19.5 Å². The Balaban J connectivity index is 0.00000256.